The molecule has 4 aromatic heterocycles. The second-order valence-corrected chi connectivity index (χ2v) is 36.7. The lowest BCUT2D eigenvalue weighted by Crippen LogP contribution is -2.48. The molecule has 6 aromatic rings. The number of ether oxygens (including phenoxy) is 8. The summed E-state index contributed by atoms with van der Waals surface area (Å²) < 4.78 is 49.2. The first kappa shape index (κ1) is 85.3. The van der Waals surface area contributed by atoms with Gasteiger partial charge in [0.15, 0.2) is 23.2 Å². The van der Waals surface area contributed by atoms with Gasteiger partial charge in [-0.3, -0.25) is 52.8 Å². The molecule has 2 unspecified atom stereocenters. The summed E-state index contributed by atoms with van der Waals surface area (Å²) in [5.74, 6) is 0.000183. The van der Waals surface area contributed by atoms with Gasteiger partial charge in [-0.1, -0.05) is 73.3 Å². The number of aliphatic carboxylic acids is 1. The molecule has 7 heterocycles. The Bertz CT molecular complexity index is 4780. The number of carboxylic acids is 1. The Morgan fingerprint density at radius 3 is 1.36 bits per heavy atom. The van der Waals surface area contributed by atoms with Crippen molar-refractivity contribution in [2.24, 2.45) is 69.0 Å². The lowest BCUT2D eigenvalue weighted by atomic mass is 9.77. The summed E-state index contributed by atoms with van der Waals surface area (Å²) in [6.45, 7) is 20.9. The van der Waals surface area contributed by atoms with Gasteiger partial charge in [0.1, 0.15) is 53.0 Å². The Morgan fingerprint density at radius 1 is 0.542 bits per heavy atom. The molecular formula is C88H111N9O21. The third-order valence-electron chi connectivity index (χ3n) is 25.3. The predicted octanol–water partition coefficient (Wildman–Crippen LogP) is 12.4. The number of fused-ring (bicyclic) bond motifs is 4. The molecular weight excluding hydrogens is 1520 g/mol. The van der Waals surface area contributed by atoms with Crippen molar-refractivity contribution >= 4 is 87.0 Å². The second kappa shape index (κ2) is 34.0. The lowest BCUT2D eigenvalue weighted by Gasteiger charge is -2.35. The molecule has 3 saturated heterocycles. The Hall–Kier alpha value is -10.5. The Kier molecular flexibility index (Phi) is 24.6. The smallest absolute Gasteiger partial charge is 0.497 e. The number of aromatic nitrogens is 6. The van der Waals surface area contributed by atoms with E-state index in [0.717, 1.165) is 37.5 Å². The van der Waals surface area contributed by atoms with Crippen LogP contribution >= 0.6 is 0 Å². The average Bonchev–Trinajstić information content (AvgIpc) is 1.57. The molecule has 6 aliphatic carbocycles. The predicted molar refractivity (Wildman–Crippen MR) is 425 cm³/mol. The molecule has 0 bridgehead atoms. The van der Waals surface area contributed by atoms with Gasteiger partial charge in [0.05, 0.1) is 93.0 Å². The van der Waals surface area contributed by atoms with E-state index in [1.807, 2.05) is 85.7 Å². The number of imide groups is 1. The summed E-state index contributed by atoms with van der Waals surface area (Å²) >= 11 is 0. The third kappa shape index (κ3) is 19.1. The number of esters is 3. The van der Waals surface area contributed by atoms with Gasteiger partial charge in [-0.25, -0.2) is 24.1 Å². The number of hydrogen-bond acceptors (Lipinski definition) is 24. The number of carbonyl (C=O) groups excluding carboxylic acids is 10. The first-order chi connectivity index (χ1) is 55.9. The van der Waals surface area contributed by atoms with Gasteiger partial charge in [0.25, 0.3) is 11.8 Å². The van der Waals surface area contributed by atoms with Gasteiger partial charge in [-0.05, 0) is 155 Å². The Balaban J connectivity index is 0.000000170. The number of methoxy groups -OCH3 is 3. The van der Waals surface area contributed by atoms with E-state index >= 15 is 0 Å². The molecule has 15 rings (SSSR count). The highest BCUT2D eigenvalue weighted by Crippen LogP contribution is 2.60. The minimum absolute atomic E-state index is 0.0342. The van der Waals surface area contributed by atoms with Crippen molar-refractivity contribution in [3.05, 3.63) is 85.5 Å². The summed E-state index contributed by atoms with van der Waals surface area (Å²) in [6, 6.07) is 16.3. The summed E-state index contributed by atoms with van der Waals surface area (Å²) in [6.07, 6.45) is 13.0. The summed E-state index contributed by atoms with van der Waals surface area (Å²) in [4.78, 5) is 160. The van der Waals surface area contributed by atoms with Crippen molar-refractivity contribution in [1.82, 2.24) is 44.4 Å². The highest BCUT2D eigenvalue weighted by molar-refractivity contribution is 6.02. The summed E-state index contributed by atoms with van der Waals surface area (Å²) in [7, 11) is 4.50. The van der Waals surface area contributed by atoms with E-state index in [4.69, 9.17) is 47.9 Å². The molecule has 3 aliphatic heterocycles. The van der Waals surface area contributed by atoms with Crippen LogP contribution in [0, 0.1) is 69.0 Å². The van der Waals surface area contributed by atoms with Crippen LogP contribution in [0.4, 0.5) is 4.79 Å². The van der Waals surface area contributed by atoms with E-state index in [9.17, 15) is 57.8 Å². The van der Waals surface area contributed by atoms with Crippen LogP contribution in [0.3, 0.4) is 0 Å². The number of likely N-dealkylation sites (tertiary alicyclic amines) is 2. The van der Waals surface area contributed by atoms with Crippen LogP contribution in [0.2, 0.25) is 0 Å². The zero-order valence-electron chi connectivity index (χ0n) is 69.9. The van der Waals surface area contributed by atoms with E-state index < -0.39 is 105 Å². The summed E-state index contributed by atoms with van der Waals surface area (Å²) in [5, 5.41) is 20.8. The molecule has 16 atom stereocenters. The molecule has 4 amide bonds. The topological polar surface area (TPSA) is 362 Å². The van der Waals surface area contributed by atoms with Crippen LogP contribution in [-0.4, -0.2) is 191 Å². The average molecular weight is 1630 g/mol. The zero-order chi connectivity index (χ0) is 84.8. The van der Waals surface area contributed by atoms with Crippen molar-refractivity contribution in [3.63, 3.8) is 0 Å². The molecule has 118 heavy (non-hydrogen) atoms. The van der Waals surface area contributed by atoms with Gasteiger partial charge in [0, 0.05) is 98.4 Å². The molecule has 30 heteroatoms. The largest absolute Gasteiger partial charge is 0.534 e. The van der Waals surface area contributed by atoms with Crippen molar-refractivity contribution in [3.8, 4) is 34.6 Å². The number of Topliss-reactive ketones (excluding diaryl/α,β-unsaturated/α-hetero) is 2. The fraction of sp³-hybridized carbons (Fsp3) is 0.602. The number of carbonyl (C=O) groups is 11. The molecule has 0 spiro atoms. The molecule has 634 valence electrons. The highest BCUT2D eigenvalue weighted by Gasteiger charge is 2.63. The number of rotatable bonds is 27. The highest BCUT2D eigenvalue weighted by atomic mass is 16.8. The second-order valence-electron chi connectivity index (χ2n) is 36.7. The van der Waals surface area contributed by atoms with Crippen LogP contribution in [-0.2, 0) is 71.7 Å². The molecule has 6 saturated carbocycles. The zero-order valence-corrected chi connectivity index (χ0v) is 69.9. The number of hydroxylamine groups is 2. The fourth-order valence-electron chi connectivity index (χ4n) is 18.3. The molecule has 1 N–H and O–H groups in total. The number of carboxylic acid groups (broad SMARTS) is 1. The molecule has 0 radical (unpaired) electrons. The number of ketones is 2. The van der Waals surface area contributed by atoms with Crippen molar-refractivity contribution < 1.29 is 101 Å². The van der Waals surface area contributed by atoms with Gasteiger partial charge in [-0.15, -0.1) is 0 Å². The van der Waals surface area contributed by atoms with Crippen LogP contribution < -0.4 is 18.9 Å². The quantitative estimate of drug-likeness (QED) is 0.0284. The molecule has 9 aliphatic rings. The molecule has 2 aromatic carbocycles. The number of amides is 4. The van der Waals surface area contributed by atoms with Crippen LogP contribution in [0.25, 0.3) is 33.4 Å². The van der Waals surface area contributed by atoms with Gasteiger partial charge < -0.3 is 52.8 Å². The Morgan fingerprint density at radius 2 is 0.975 bits per heavy atom. The van der Waals surface area contributed by atoms with E-state index in [1.54, 1.807) is 109 Å². The summed E-state index contributed by atoms with van der Waals surface area (Å²) in [5.41, 5.74) is -2.74. The lowest BCUT2D eigenvalue weighted by molar-refractivity contribution is -0.178. The first-order valence-electron chi connectivity index (χ1n) is 41.4. The van der Waals surface area contributed by atoms with Gasteiger partial charge in [0.2, 0.25) is 11.8 Å². The SMILES string of the molecule is CC[C@@H]1C[C@]1(CC(=O)[C@@H]1C[C@@H](Oc2cc(-n3cccn3)nc3cc(OC)ccc23)CN1C(=O)[C@@H](CC(=O)OC(C)(C)C)C(C)(C)C)C(=O)OC.CC[C@@H]1C[C@]1(CC(=O)[C@@H]1C[C@@H](Oc2cc(-n3cccn3)nc3cc(OC)ccc23)CN1C(=O)[C@@H](CC(=O)OC1C[C@@H]2C[C@@H]2C1)C(C)(C)C)C(=O)O.O=C(OC1C[C@@H]2C[C@@H]2C1)ON1C(=O)CCC1=O. The first-order valence-corrected chi connectivity index (χ1v) is 41.4. The number of benzene rings is 2. The van der Waals surface area contributed by atoms with Crippen LogP contribution in [0.5, 0.6) is 23.0 Å². The van der Waals surface area contributed by atoms with Crippen molar-refractivity contribution in [2.75, 3.05) is 34.4 Å². The number of pyridine rings is 2. The maximum atomic E-state index is 14.6. The van der Waals surface area contributed by atoms with E-state index in [-0.39, 0.29) is 112 Å². The number of nitrogens with zero attached hydrogens (tertiary/aromatic N) is 9. The van der Waals surface area contributed by atoms with Crippen molar-refractivity contribution in [2.45, 2.75) is 234 Å². The van der Waals surface area contributed by atoms with E-state index in [1.165, 1.54) is 20.0 Å². The minimum atomic E-state index is -1.12. The monoisotopic (exact) mass is 1630 g/mol. The van der Waals surface area contributed by atoms with Crippen LogP contribution in [0.1, 0.15) is 192 Å². The maximum absolute atomic E-state index is 14.6. The minimum Gasteiger partial charge on any atom is -0.497 e. The molecule has 9 fully saturated rings. The van der Waals surface area contributed by atoms with Crippen LogP contribution in [0.15, 0.2) is 85.5 Å². The van der Waals surface area contributed by atoms with Gasteiger partial charge in [-0.2, -0.15) is 10.2 Å². The molecule has 30 nitrogen and oxygen atoms in total. The third-order valence-corrected chi connectivity index (χ3v) is 25.3. The normalized spacial score (nSPS) is 26.9. The standard InChI is InChI=1S/C39H48N4O8.C38H50N4O8.C11H13NO5/c1-6-24-19-39(24,37(47)48)20-32(44)31-16-27(50-33-18-34(43-11-7-10-40-43)41-30-15-25(49-5)8-9-28(30)33)21-42(31)36(46)29(38(2,3)4)17-35(45)51-26-13-22-12-23(22)14-26;1-10-23-20-38(23,35(46)48-9)21-30(43)29-17-25(22-41(29)34(45)27(36(2,3)4)18-33(44)50-37(5,6)7)49-31-19-32(42-15-11-14-39-42)40-28-16-24(47-8)12-13-26(28)31;13-9-1-2-10(14)12(9)17-11(15)16-8-4-6-3-7(6)5-8/h7-11,15,18,22-24,26-27,29,31H,6,12-14,16-17,19-21H2,1-5H3,(H,47,48);11-16,19,23,25,27,29H,10,17-18,20-22H2,1-9H3;6-8H,1-5H2/t22-,23+,24-,26?,27-,29-,31+,39-;23-,25-,27-,29+,38-;6-,7+,8?/m11./s1. The maximum Gasteiger partial charge on any atom is 0.534 e. The van der Waals surface area contributed by atoms with E-state index in [0.29, 0.717) is 99.1 Å². The number of hydrogen-bond donors (Lipinski definition) is 1. The van der Waals surface area contributed by atoms with Crippen molar-refractivity contribution in [1.29, 1.82) is 0 Å². The fourth-order valence-corrected chi connectivity index (χ4v) is 18.3. The Labute approximate surface area is 686 Å². The van der Waals surface area contributed by atoms with Gasteiger partial charge >= 0.3 is 30.0 Å². The van der Waals surface area contributed by atoms with E-state index in [2.05, 4.69) is 15.0 Å².